The van der Waals surface area contributed by atoms with Crippen molar-refractivity contribution >= 4 is 33.8 Å². The van der Waals surface area contributed by atoms with E-state index in [9.17, 15) is 9.59 Å². The summed E-state index contributed by atoms with van der Waals surface area (Å²) >= 11 is 3.38. The van der Waals surface area contributed by atoms with Crippen molar-refractivity contribution in [2.45, 2.75) is 46.1 Å². The van der Waals surface area contributed by atoms with Crippen LogP contribution in [0.3, 0.4) is 0 Å². The molecule has 0 atom stereocenters. The molecule has 1 aliphatic rings. The SMILES string of the molecule is Cc1cccc(N(Br)C(=O)C2CCN(C(=O)OC(C)(C)C)CC2)c1. The van der Waals surface area contributed by atoms with Crippen LogP contribution >= 0.6 is 16.1 Å². The molecule has 6 heteroatoms. The summed E-state index contributed by atoms with van der Waals surface area (Å²) in [5, 5.41) is 0. The van der Waals surface area contributed by atoms with E-state index in [2.05, 4.69) is 16.1 Å². The molecule has 5 nitrogen and oxygen atoms in total. The second-order valence-corrected chi connectivity index (χ2v) is 7.91. The van der Waals surface area contributed by atoms with Crippen LogP contribution in [0.2, 0.25) is 0 Å². The normalized spacial score (nSPS) is 16.0. The maximum Gasteiger partial charge on any atom is 0.410 e. The molecule has 0 radical (unpaired) electrons. The van der Waals surface area contributed by atoms with E-state index in [0.717, 1.165) is 11.3 Å². The van der Waals surface area contributed by atoms with Gasteiger partial charge in [0, 0.05) is 19.0 Å². The maximum atomic E-state index is 12.7. The monoisotopic (exact) mass is 396 g/mol. The van der Waals surface area contributed by atoms with Crippen LogP contribution in [0.25, 0.3) is 0 Å². The van der Waals surface area contributed by atoms with E-state index in [4.69, 9.17) is 4.74 Å². The minimum absolute atomic E-state index is 0.0319. The van der Waals surface area contributed by atoms with Crippen molar-refractivity contribution in [3.8, 4) is 0 Å². The van der Waals surface area contributed by atoms with E-state index in [1.165, 1.54) is 3.93 Å². The first-order chi connectivity index (χ1) is 11.2. The maximum absolute atomic E-state index is 12.7. The van der Waals surface area contributed by atoms with Crippen LogP contribution in [-0.2, 0) is 9.53 Å². The lowest BCUT2D eigenvalue weighted by Crippen LogP contribution is -2.44. The quantitative estimate of drug-likeness (QED) is 0.700. The average molecular weight is 397 g/mol. The minimum atomic E-state index is -0.498. The number of carbonyl (C=O) groups is 2. The number of amides is 2. The summed E-state index contributed by atoms with van der Waals surface area (Å²) in [6, 6.07) is 7.78. The van der Waals surface area contributed by atoms with Gasteiger partial charge >= 0.3 is 6.09 Å². The molecule has 1 aliphatic heterocycles. The molecule has 1 aromatic carbocycles. The van der Waals surface area contributed by atoms with Gasteiger partial charge in [-0.25, -0.2) is 8.72 Å². The van der Waals surface area contributed by atoms with E-state index < -0.39 is 5.60 Å². The van der Waals surface area contributed by atoms with Crippen molar-refractivity contribution in [1.82, 2.24) is 4.90 Å². The van der Waals surface area contributed by atoms with Gasteiger partial charge in [-0.3, -0.25) is 4.79 Å². The number of anilines is 1. The second-order valence-electron chi connectivity index (χ2n) is 7.20. The lowest BCUT2D eigenvalue weighted by atomic mass is 9.96. The highest BCUT2D eigenvalue weighted by Crippen LogP contribution is 2.27. The van der Waals surface area contributed by atoms with Crippen LogP contribution < -0.4 is 3.93 Å². The zero-order chi connectivity index (χ0) is 17.9. The largest absolute Gasteiger partial charge is 0.444 e. The molecule has 0 aliphatic carbocycles. The Bertz CT molecular complexity index is 605. The van der Waals surface area contributed by atoms with Gasteiger partial charge in [-0.15, -0.1) is 0 Å². The van der Waals surface area contributed by atoms with Gasteiger partial charge < -0.3 is 9.64 Å². The molecule has 0 unspecified atom stereocenters. The summed E-state index contributed by atoms with van der Waals surface area (Å²) in [7, 11) is 0. The lowest BCUT2D eigenvalue weighted by molar-refractivity contribution is -0.122. The van der Waals surface area contributed by atoms with Crippen LogP contribution in [0.15, 0.2) is 24.3 Å². The van der Waals surface area contributed by atoms with E-state index in [-0.39, 0.29) is 17.9 Å². The van der Waals surface area contributed by atoms with E-state index in [1.807, 2.05) is 52.0 Å². The summed E-state index contributed by atoms with van der Waals surface area (Å²) in [6.07, 6.45) is 0.987. The first-order valence-corrected chi connectivity index (χ1v) is 8.92. The third-order valence-electron chi connectivity index (χ3n) is 3.92. The van der Waals surface area contributed by atoms with E-state index in [1.54, 1.807) is 4.90 Å². The molecule has 2 rings (SSSR count). The topological polar surface area (TPSA) is 49.9 Å². The molecule has 1 fully saturated rings. The highest BCUT2D eigenvalue weighted by Gasteiger charge is 2.32. The number of nitrogens with zero attached hydrogens (tertiary/aromatic N) is 2. The molecule has 1 saturated heterocycles. The van der Waals surface area contributed by atoms with Crippen LogP contribution in [0.1, 0.15) is 39.2 Å². The minimum Gasteiger partial charge on any atom is -0.444 e. The average Bonchev–Trinajstić information content (AvgIpc) is 2.52. The summed E-state index contributed by atoms with van der Waals surface area (Å²) in [4.78, 5) is 26.4. The Kier molecular flexibility index (Phi) is 5.91. The smallest absolute Gasteiger partial charge is 0.410 e. The van der Waals surface area contributed by atoms with Crippen molar-refractivity contribution in [2.24, 2.45) is 5.92 Å². The zero-order valence-electron chi connectivity index (χ0n) is 14.7. The highest BCUT2D eigenvalue weighted by atomic mass is 79.9. The van der Waals surface area contributed by atoms with Crippen LogP contribution in [-0.4, -0.2) is 35.6 Å². The fourth-order valence-electron chi connectivity index (χ4n) is 2.67. The number of hydrogen-bond donors (Lipinski definition) is 0. The molecule has 0 saturated carbocycles. The Labute approximate surface area is 152 Å². The molecular formula is C18H25BrN2O3. The number of ether oxygens (including phenoxy) is 1. The number of likely N-dealkylation sites (tertiary alicyclic amines) is 1. The number of rotatable bonds is 2. The Hall–Kier alpha value is -1.56. The fraction of sp³-hybridized carbons (Fsp3) is 0.556. The molecule has 0 spiro atoms. The summed E-state index contributed by atoms with van der Waals surface area (Å²) < 4.78 is 6.92. The molecular weight excluding hydrogens is 372 g/mol. The van der Waals surface area contributed by atoms with E-state index >= 15 is 0 Å². The third-order valence-corrected chi connectivity index (χ3v) is 4.68. The molecule has 2 amide bonds. The van der Waals surface area contributed by atoms with E-state index in [0.29, 0.717) is 25.9 Å². The van der Waals surface area contributed by atoms with Gasteiger partial charge in [0.25, 0.3) is 0 Å². The molecule has 0 N–H and O–H groups in total. The van der Waals surface area contributed by atoms with Gasteiger partial charge in [0.15, 0.2) is 0 Å². The molecule has 132 valence electrons. The van der Waals surface area contributed by atoms with Crippen molar-refractivity contribution in [3.05, 3.63) is 29.8 Å². The number of halogens is 1. The predicted octanol–water partition coefficient (Wildman–Crippen LogP) is 4.29. The number of carbonyl (C=O) groups excluding carboxylic acids is 2. The molecule has 0 aromatic heterocycles. The van der Waals surface area contributed by atoms with Gasteiger partial charge in [-0.2, -0.15) is 0 Å². The molecule has 1 aromatic rings. The third kappa shape index (κ3) is 4.97. The molecule has 1 heterocycles. The number of hydrogen-bond acceptors (Lipinski definition) is 3. The lowest BCUT2D eigenvalue weighted by Gasteiger charge is -2.33. The highest BCUT2D eigenvalue weighted by molar-refractivity contribution is 9.10. The summed E-state index contributed by atoms with van der Waals surface area (Å²) in [5.41, 5.74) is 1.43. The van der Waals surface area contributed by atoms with Gasteiger partial charge in [0.05, 0.1) is 21.8 Å². The van der Waals surface area contributed by atoms with Gasteiger partial charge in [0.2, 0.25) is 5.91 Å². The van der Waals surface area contributed by atoms with Crippen molar-refractivity contribution < 1.29 is 14.3 Å². The van der Waals surface area contributed by atoms with Crippen LogP contribution in [0.5, 0.6) is 0 Å². The standard InChI is InChI=1S/C18H25BrN2O3/c1-13-6-5-7-15(12-13)21(19)16(22)14-8-10-20(11-9-14)17(23)24-18(2,3)4/h5-7,12,14H,8-11H2,1-4H3. The van der Waals surface area contributed by atoms with Crippen molar-refractivity contribution in [2.75, 3.05) is 17.0 Å². The Balaban J connectivity index is 1.92. The van der Waals surface area contributed by atoms with Crippen molar-refractivity contribution in [1.29, 1.82) is 0 Å². The zero-order valence-corrected chi connectivity index (χ0v) is 16.3. The van der Waals surface area contributed by atoms with Gasteiger partial charge in [-0.1, -0.05) is 12.1 Å². The molecule has 0 bridgehead atoms. The Morgan fingerprint density at radius 1 is 1.25 bits per heavy atom. The molecule has 24 heavy (non-hydrogen) atoms. The summed E-state index contributed by atoms with van der Waals surface area (Å²) in [5.74, 6) is -0.0620. The first kappa shape index (κ1) is 18.8. The summed E-state index contributed by atoms with van der Waals surface area (Å²) in [6.45, 7) is 8.64. The van der Waals surface area contributed by atoms with Crippen LogP contribution in [0, 0.1) is 12.8 Å². The first-order valence-electron chi connectivity index (χ1n) is 8.22. The second kappa shape index (κ2) is 7.55. The Morgan fingerprint density at radius 2 is 1.88 bits per heavy atom. The van der Waals surface area contributed by atoms with Gasteiger partial charge in [-0.05, 0) is 58.2 Å². The Morgan fingerprint density at radius 3 is 2.42 bits per heavy atom. The number of piperidine rings is 1. The number of aryl methyl sites for hydroxylation is 1. The van der Waals surface area contributed by atoms with Crippen molar-refractivity contribution in [3.63, 3.8) is 0 Å². The fourth-order valence-corrected chi connectivity index (χ4v) is 3.18. The number of benzene rings is 1. The van der Waals surface area contributed by atoms with Crippen LogP contribution in [0.4, 0.5) is 10.5 Å². The predicted molar refractivity (Wildman–Crippen MR) is 98.1 cm³/mol. The van der Waals surface area contributed by atoms with Gasteiger partial charge in [0.1, 0.15) is 5.60 Å².